The lowest BCUT2D eigenvalue weighted by molar-refractivity contribution is 0.418. The molecule has 1 N–H and O–H groups in total. The molecule has 0 bridgehead atoms. The Morgan fingerprint density at radius 2 is 2.27 bits per heavy atom. The van der Waals surface area contributed by atoms with Crippen LogP contribution in [-0.4, -0.2) is 21.8 Å². The van der Waals surface area contributed by atoms with E-state index >= 15 is 0 Å². The van der Waals surface area contributed by atoms with Gasteiger partial charge in [0.05, 0.1) is 6.54 Å². The lowest BCUT2D eigenvalue weighted by Gasteiger charge is -1.98. The van der Waals surface area contributed by atoms with Crippen LogP contribution in [0.25, 0.3) is 11.6 Å². The molecule has 0 amide bonds. The van der Waals surface area contributed by atoms with Crippen molar-refractivity contribution in [3.63, 3.8) is 0 Å². The van der Waals surface area contributed by atoms with E-state index < -0.39 is 0 Å². The van der Waals surface area contributed by atoms with Crippen molar-refractivity contribution in [2.75, 3.05) is 7.05 Å². The normalized spacial score (nSPS) is 10.9. The number of hydrogen-bond acceptors (Lipinski definition) is 4. The fourth-order valence-electron chi connectivity index (χ4n) is 1.42. The van der Waals surface area contributed by atoms with Gasteiger partial charge in [0.1, 0.15) is 5.69 Å². The maximum Gasteiger partial charge on any atom is 0.274 e. The van der Waals surface area contributed by atoms with Gasteiger partial charge in [0, 0.05) is 12.7 Å². The molecular formula is C10H14N4O. The minimum atomic E-state index is 0.566. The molecule has 0 aromatic carbocycles. The van der Waals surface area contributed by atoms with Gasteiger partial charge in [0.2, 0.25) is 0 Å². The lowest BCUT2D eigenvalue weighted by atomic mass is 10.4. The molecule has 2 aromatic heterocycles. The summed E-state index contributed by atoms with van der Waals surface area (Å²) in [6, 6.07) is 4.00. The summed E-state index contributed by atoms with van der Waals surface area (Å²) in [5, 5.41) is 6.85. The van der Waals surface area contributed by atoms with Crippen molar-refractivity contribution in [2.24, 2.45) is 7.05 Å². The molecule has 5 nitrogen and oxygen atoms in total. The van der Waals surface area contributed by atoms with Gasteiger partial charge >= 0.3 is 0 Å². The number of hydrogen-bond donors (Lipinski definition) is 1. The van der Waals surface area contributed by atoms with Crippen molar-refractivity contribution in [2.45, 2.75) is 13.5 Å². The van der Waals surface area contributed by atoms with Gasteiger partial charge in [-0.1, -0.05) is 5.16 Å². The summed E-state index contributed by atoms with van der Waals surface area (Å²) in [6.07, 6.45) is 0. The quantitative estimate of drug-likeness (QED) is 0.817. The Morgan fingerprint density at radius 1 is 1.47 bits per heavy atom. The highest BCUT2D eigenvalue weighted by atomic mass is 16.5. The molecule has 0 aliphatic heterocycles. The highest BCUT2D eigenvalue weighted by Gasteiger charge is 2.11. The standard InChI is InChI=1S/C10H14N4O/c1-7-4-5-8(14(7)3)10-12-9(6-11-2)13-15-10/h4-5,11H,6H2,1-3H3. The molecule has 2 aromatic rings. The molecule has 5 heteroatoms. The Bertz CT molecular complexity index is 458. The first-order valence-electron chi connectivity index (χ1n) is 4.82. The second-order valence-corrected chi connectivity index (χ2v) is 3.47. The summed E-state index contributed by atoms with van der Waals surface area (Å²) < 4.78 is 7.20. The summed E-state index contributed by atoms with van der Waals surface area (Å²) >= 11 is 0. The average molecular weight is 206 g/mol. The maximum atomic E-state index is 5.18. The van der Waals surface area contributed by atoms with E-state index in [9.17, 15) is 0 Å². The van der Waals surface area contributed by atoms with E-state index in [1.165, 1.54) is 5.69 Å². The Kier molecular flexibility index (Phi) is 2.55. The van der Waals surface area contributed by atoms with Gasteiger partial charge < -0.3 is 14.4 Å². The van der Waals surface area contributed by atoms with Gasteiger partial charge in [-0.15, -0.1) is 0 Å². The van der Waals surface area contributed by atoms with Crippen LogP contribution in [0.2, 0.25) is 0 Å². The van der Waals surface area contributed by atoms with Gasteiger partial charge in [0.15, 0.2) is 5.82 Å². The molecular weight excluding hydrogens is 192 g/mol. The van der Waals surface area contributed by atoms with E-state index in [1.807, 2.05) is 37.7 Å². The van der Waals surface area contributed by atoms with E-state index in [0.29, 0.717) is 18.3 Å². The van der Waals surface area contributed by atoms with Gasteiger partial charge in [-0.25, -0.2) is 0 Å². The van der Waals surface area contributed by atoms with Crippen LogP contribution in [0.5, 0.6) is 0 Å². The first-order valence-corrected chi connectivity index (χ1v) is 4.82. The minimum Gasteiger partial charge on any atom is -0.344 e. The molecule has 0 spiro atoms. The Hall–Kier alpha value is -1.62. The topological polar surface area (TPSA) is 55.9 Å². The zero-order chi connectivity index (χ0) is 10.8. The average Bonchev–Trinajstić information content (AvgIpc) is 2.77. The van der Waals surface area contributed by atoms with Crippen molar-refractivity contribution in [3.8, 4) is 11.6 Å². The third kappa shape index (κ3) is 1.78. The van der Waals surface area contributed by atoms with Gasteiger partial charge in [-0.3, -0.25) is 0 Å². The van der Waals surface area contributed by atoms with Crippen LogP contribution in [0.15, 0.2) is 16.7 Å². The summed E-state index contributed by atoms with van der Waals surface area (Å²) in [7, 11) is 3.83. The highest BCUT2D eigenvalue weighted by molar-refractivity contribution is 5.49. The van der Waals surface area contributed by atoms with Crippen molar-refractivity contribution in [1.82, 2.24) is 20.0 Å². The maximum absolute atomic E-state index is 5.18. The van der Waals surface area contributed by atoms with Crippen LogP contribution >= 0.6 is 0 Å². The zero-order valence-electron chi connectivity index (χ0n) is 9.11. The molecule has 15 heavy (non-hydrogen) atoms. The molecule has 0 aliphatic carbocycles. The van der Waals surface area contributed by atoms with E-state index in [4.69, 9.17) is 4.52 Å². The van der Waals surface area contributed by atoms with E-state index in [-0.39, 0.29) is 0 Å². The van der Waals surface area contributed by atoms with Crippen LogP contribution in [0, 0.1) is 6.92 Å². The molecule has 2 rings (SSSR count). The van der Waals surface area contributed by atoms with Crippen LogP contribution in [0.1, 0.15) is 11.5 Å². The number of aromatic nitrogens is 3. The number of nitrogens with zero attached hydrogens (tertiary/aromatic N) is 3. The monoisotopic (exact) mass is 206 g/mol. The Labute approximate surface area is 88.1 Å². The first kappa shape index (κ1) is 9.92. The van der Waals surface area contributed by atoms with Crippen molar-refractivity contribution < 1.29 is 4.52 Å². The predicted molar refractivity (Wildman–Crippen MR) is 56.2 cm³/mol. The third-order valence-electron chi connectivity index (χ3n) is 2.39. The smallest absolute Gasteiger partial charge is 0.274 e. The van der Waals surface area contributed by atoms with Crippen LogP contribution in [0.4, 0.5) is 0 Å². The molecule has 2 heterocycles. The molecule has 80 valence electrons. The van der Waals surface area contributed by atoms with Gasteiger partial charge in [-0.05, 0) is 26.1 Å². The summed E-state index contributed by atoms with van der Waals surface area (Å²) in [6.45, 7) is 2.65. The molecule has 0 aliphatic rings. The Morgan fingerprint density at radius 3 is 2.87 bits per heavy atom. The van der Waals surface area contributed by atoms with Crippen molar-refractivity contribution in [3.05, 3.63) is 23.7 Å². The fraction of sp³-hybridized carbons (Fsp3) is 0.400. The second-order valence-electron chi connectivity index (χ2n) is 3.47. The fourth-order valence-corrected chi connectivity index (χ4v) is 1.42. The van der Waals surface area contributed by atoms with Crippen LogP contribution in [0.3, 0.4) is 0 Å². The molecule has 0 fully saturated rings. The SMILES string of the molecule is CNCc1noc(-c2ccc(C)n2C)n1. The number of nitrogens with one attached hydrogen (secondary N) is 1. The minimum absolute atomic E-state index is 0.566. The van der Waals surface area contributed by atoms with E-state index in [1.54, 1.807) is 0 Å². The van der Waals surface area contributed by atoms with Gasteiger partial charge in [0.25, 0.3) is 5.89 Å². The molecule has 0 saturated carbocycles. The first-order chi connectivity index (χ1) is 7.22. The summed E-state index contributed by atoms with van der Waals surface area (Å²) in [5.74, 6) is 1.24. The second kappa shape index (κ2) is 3.86. The Balaban J connectivity index is 2.33. The predicted octanol–water partition coefficient (Wildman–Crippen LogP) is 1.10. The molecule has 0 saturated heterocycles. The summed E-state index contributed by atoms with van der Waals surface area (Å²) in [4.78, 5) is 4.28. The number of rotatable bonds is 3. The molecule has 0 radical (unpaired) electrons. The van der Waals surface area contributed by atoms with E-state index in [0.717, 1.165) is 5.69 Å². The van der Waals surface area contributed by atoms with Crippen LogP contribution < -0.4 is 5.32 Å². The van der Waals surface area contributed by atoms with Crippen LogP contribution in [-0.2, 0) is 13.6 Å². The summed E-state index contributed by atoms with van der Waals surface area (Å²) in [5.41, 5.74) is 2.11. The van der Waals surface area contributed by atoms with Crippen molar-refractivity contribution in [1.29, 1.82) is 0 Å². The third-order valence-corrected chi connectivity index (χ3v) is 2.39. The van der Waals surface area contributed by atoms with Gasteiger partial charge in [-0.2, -0.15) is 4.98 Å². The molecule has 0 atom stereocenters. The zero-order valence-corrected chi connectivity index (χ0v) is 9.11. The van der Waals surface area contributed by atoms with Crippen molar-refractivity contribution >= 4 is 0 Å². The van der Waals surface area contributed by atoms with E-state index in [2.05, 4.69) is 15.5 Å². The largest absolute Gasteiger partial charge is 0.344 e. The highest BCUT2D eigenvalue weighted by Crippen LogP contribution is 2.18. The number of aryl methyl sites for hydroxylation is 1. The lowest BCUT2D eigenvalue weighted by Crippen LogP contribution is -2.06. The molecule has 0 unspecified atom stereocenters.